The topological polar surface area (TPSA) is 111 Å². The van der Waals surface area contributed by atoms with Gasteiger partial charge in [-0.2, -0.15) is 10.1 Å². The molecule has 9 heteroatoms. The summed E-state index contributed by atoms with van der Waals surface area (Å²) in [7, 11) is 0. The summed E-state index contributed by atoms with van der Waals surface area (Å²) in [5.41, 5.74) is 0.0799. The Hall–Kier alpha value is -3.23. The maximum atomic E-state index is 12.8. The van der Waals surface area contributed by atoms with Crippen LogP contribution in [0.5, 0.6) is 11.5 Å². The van der Waals surface area contributed by atoms with Crippen molar-refractivity contribution in [3.05, 3.63) is 40.0 Å². The first-order valence-electron chi connectivity index (χ1n) is 10.6. The van der Waals surface area contributed by atoms with Gasteiger partial charge >= 0.3 is 5.69 Å². The van der Waals surface area contributed by atoms with E-state index in [-0.39, 0.29) is 65.4 Å². The Bertz CT molecular complexity index is 958. The average Bonchev–Trinajstić information content (AvgIpc) is 3.42. The predicted octanol–water partition coefficient (Wildman–Crippen LogP) is 3.31. The van der Waals surface area contributed by atoms with Crippen LogP contribution in [0.2, 0.25) is 0 Å². The van der Waals surface area contributed by atoms with Gasteiger partial charge in [0.05, 0.1) is 35.7 Å². The predicted molar refractivity (Wildman–Crippen MR) is 112 cm³/mol. The molecule has 164 valence electrons. The molecule has 2 amide bonds. The molecule has 3 aliphatic rings. The average molecular weight is 427 g/mol. The van der Waals surface area contributed by atoms with E-state index >= 15 is 0 Å². The molecule has 2 bridgehead atoms. The zero-order valence-corrected chi connectivity index (χ0v) is 17.7. The number of nitro benzene ring substituents is 1. The van der Waals surface area contributed by atoms with Crippen LogP contribution in [-0.2, 0) is 9.59 Å². The van der Waals surface area contributed by atoms with E-state index in [1.165, 1.54) is 12.3 Å². The summed E-state index contributed by atoms with van der Waals surface area (Å²) >= 11 is 0. The SMILES string of the molecule is CCOc1cc(C=NN2C(=O)C3C4C=CC(C4)C3C2=O)cc([N+](=O)[O-])c1OC(C)CC. The van der Waals surface area contributed by atoms with Crippen molar-refractivity contribution in [1.29, 1.82) is 0 Å². The minimum Gasteiger partial charge on any atom is -0.490 e. The highest BCUT2D eigenvalue weighted by Crippen LogP contribution is 2.52. The molecule has 0 N–H and O–H groups in total. The lowest BCUT2D eigenvalue weighted by molar-refractivity contribution is -0.386. The van der Waals surface area contributed by atoms with E-state index in [1.807, 2.05) is 26.0 Å². The Morgan fingerprint density at radius 2 is 1.87 bits per heavy atom. The first-order chi connectivity index (χ1) is 14.8. The number of imide groups is 1. The third kappa shape index (κ3) is 3.58. The number of hydrogen-bond donors (Lipinski definition) is 0. The smallest absolute Gasteiger partial charge is 0.315 e. The number of hydrazone groups is 1. The van der Waals surface area contributed by atoms with Gasteiger partial charge in [0, 0.05) is 11.6 Å². The second kappa shape index (κ2) is 8.13. The minimum absolute atomic E-state index is 0.0591. The van der Waals surface area contributed by atoms with Gasteiger partial charge in [0.25, 0.3) is 11.8 Å². The normalized spacial score (nSPS) is 27.3. The van der Waals surface area contributed by atoms with E-state index in [1.54, 1.807) is 13.0 Å². The van der Waals surface area contributed by atoms with Gasteiger partial charge in [0.2, 0.25) is 5.75 Å². The van der Waals surface area contributed by atoms with Gasteiger partial charge in [-0.25, -0.2) is 0 Å². The van der Waals surface area contributed by atoms with E-state index in [9.17, 15) is 19.7 Å². The summed E-state index contributed by atoms with van der Waals surface area (Å²) in [6.07, 6.45) is 6.58. The molecule has 1 saturated heterocycles. The molecule has 5 atom stereocenters. The largest absolute Gasteiger partial charge is 0.490 e. The highest BCUT2D eigenvalue weighted by Gasteiger charge is 2.59. The Morgan fingerprint density at radius 3 is 2.42 bits per heavy atom. The minimum atomic E-state index is -0.544. The van der Waals surface area contributed by atoms with Crippen molar-refractivity contribution < 1.29 is 24.0 Å². The second-order valence-corrected chi connectivity index (χ2v) is 8.13. The van der Waals surface area contributed by atoms with Crippen LogP contribution in [0.15, 0.2) is 29.4 Å². The van der Waals surface area contributed by atoms with Crippen LogP contribution in [0, 0.1) is 33.8 Å². The van der Waals surface area contributed by atoms with Crippen molar-refractivity contribution in [2.45, 2.75) is 39.7 Å². The molecular weight excluding hydrogens is 402 g/mol. The Labute approximate surface area is 179 Å². The number of carbonyl (C=O) groups is 2. The summed E-state index contributed by atoms with van der Waals surface area (Å²) < 4.78 is 11.3. The zero-order valence-electron chi connectivity index (χ0n) is 17.7. The van der Waals surface area contributed by atoms with Crippen molar-refractivity contribution in [3.63, 3.8) is 0 Å². The standard InChI is InChI=1S/C22H25N3O6/c1-4-12(3)31-20-16(25(28)29)8-13(9-17(20)30-5-2)11-23-24-21(26)18-14-6-7-15(10-14)19(18)22(24)27/h6-9,11-12,14-15,18-19H,4-5,10H2,1-3H3. The molecule has 0 aromatic heterocycles. The maximum Gasteiger partial charge on any atom is 0.315 e. The highest BCUT2D eigenvalue weighted by atomic mass is 16.6. The number of rotatable bonds is 8. The molecule has 0 radical (unpaired) electrons. The number of hydrogen-bond acceptors (Lipinski definition) is 7. The molecule has 0 spiro atoms. The van der Waals surface area contributed by atoms with Gasteiger partial charge in [-0.05, 0) is 44.6 Å². The summed E-state index contributed by atoms with van der Waals surface area (Å²) in [4.78, 5) is 36.7. The molecule has 5 unspecified atom stereocenters. The number of carbonyl (C=O) groups excluding carboxylic acids is 2. The number of nitrogens with zero attached hydrogens (tertiary/aromatic N) is 3. The fourth-order valence-electron chi connectivity index (χ4n) is 4.61. The van der Waals surface area contributed by atoms with E-state index < -0.39 is 4.92 Å². The lowest BCUT2D eigenvalue weighted by Gasteiger charge is -2.17. The quantitative estimate of drug-likeness (QED) is 0.207. The van der Waals surface area contributed by atoms with Gasteiger partial charge in [-0.3, -0.25) is 19.7 Å². The van der Waals surface area contributed by atoms with Crippen LogP contribution in [0.25, 0.3) is 0 Å². The van der Waals surface area contributed by atoms with Crippen molar-refractivity contribution in [1.82, 2.24) is 5.01 Å². The number of nitro groups is 1. The third-order valence-corrected chi connectivity index (χ3v) is 6.22. The fraction of sp³-hybridized carbons (Fsp3) is 0.500. The highest BCUT2D eigenvalue weighted by molar-refractivity contribution is 6.06. The molecule has 2 aliphatic carbocycles. The molecule has 2 fully saturated rings. The van der Waals surface area contributed by atoms with Gasteiger partial charge in [0.15, 0.2) is 5.75 Å². The van der Waals surface area contributed by atoms with Crippen LogP contribution in [0.3, 0.4) is 0 Å². The van der Waals surface area contributed by atoms with Crippen molar-refractivity contribution in [2.24, 2.45) is 28.8 Å². The van der Waals surface area contributed by atoms with Crippen LogP contribution < -0.4 is 9.47 Å². The molecule has 4 rings (SSSR count). The molecular formula is C22H25N3O6. The molecule has 1 aromatic rings. The Balaban J connectivity index is 1.64. The second-order valence-electron chi connectivity index (χ2n) is 8.13. The summed E-state index contributed by atoms with van der Waals surface area (Å²) in [6, 6.07) is 2.87. The zero-order chi connectivity index (χ0) is 22.3. The summed E-state index contributed by atoms with van der Waals surface area (Å²) in [6.45, 7) is 5.79. The van der Waals surface area contributed by atoms with Gasteiger partial charge in [0.1, 0.15) is 0 Å². The molecule has 1 aliphatic heterocycles. The van der Waals surface area contributed by atoms with Gasteiger partial charge in [-0.15, -0.1) is 0 Å². The van der Waals surface area contributed by atoms with Crippen molar-refractivity contribution in [2.75, 3.05) is 6.61 Å². The molecule has 1 aromatic carbocycles. The number of ether oxygens (including phenoxy) is 2. The number of benzene rings is 1. The van der Waals surface area contributed by atoms with E-state index in [4.69, 9.17) is 9.47 Å². The third-order valence-electron chi connectivity index (χ3n) is 6.22. The van der Waals surface area contributed by atoms with E-state index in [0.717, 1.165) is 11.4 Å². The van der Waals surface area contributed by atoms with E-state index in [0.29, 0.717) is 12.0 Å². The van der Waals surface area contributed by atoms with E-state index in [2.05, 4.69) is 5.10 Å². The molecule has 1 heterocycles. The fourth-order valence-corrected chi connectivity index (χ4v) is 4.61. The number of allylic oxidation sites excluding steroid dienone is 2. The van der Waals surface area contributed by atoms with Crippen LogP contribution in [0.4, 0.5) is 5.69 Å². The molecule has 31 heavy (non-hydrogen) atoms. The first-order valence-corrected chi connectivity index (χ1v) is 10.6. The van der Waals surface area contributed by atoms with Crippen LogP contribution in [0.1, 0.15) is 39.2 Å². The monoisotopic (exact) mass is 427 g/mol. The van der Waals surface area contributed by atoms with Crippen LogP contribution >= 0.6 is 0 Å². The van der Waals surface area contributed by atoms with Crippen molar-refractivity contribution >= 4 is 23.7 Å². The van der Waals surface area contributed by atoms with Crippen LogP contribution in [-0.4, -0.2) is 40.7 Å². The lowest BCUT2D eigenvalue weighted by Crippen LogP contribution is -2.28. The number of amides is 2. The summed E-state index contributed by atoms with van der Waals surface area (Å²) in [5.74, 6) is -0.846. The maximum absolute atomic E-state index is 12.8. The molecule has 9 nitrogen and oxygen atoms in total. The number of fused-ring (bicyclic) bond motifs is 5. The van der Waals surface area contributed by atoms with Crippen molar-refractivity contribution in [3.8, 4) is 11.5 Å². The first kappa shape index (κ1) is 21.0. The van der Waals surface area contributed by atoms with Gasteiger partial charge < -0.3 is 9.47 Å². The molecule has 1 saturated carbocycles. The lowest BCUT2D eigenvalue weighted by atomic mass is 9.85. The Kier molecular flexibility index (Phi) is 5.51. The van der Waals surface area contributed by atoms with Gasteiger partial charge in [-0.1, -0.05) is 19.1 Å². The Morgan fingerprint density at radius 1 is 1.23 bits per heavy atom. The summed E-state index contributed by atoms with van der Waals surface area (Å²) in [5, 5.41) is 16.7.